The zero-order valence-corrected chi connectivity index (χ0v) is 17.6. The molecule has 0 bridgehead atoms. The molecule has 1 aromatic rings. The summed E-state index contributed by atoms with van der Waals surface area (Å²) >= 11 is 12.4. The van der Waals surface area contributed by atoms with Crippen molar-refractivity contribution in [2.75, 3.05) is 19.6 Å². The molecule has 1 atom stereocenters. The minimum Gasteiger partial charge on any atom is -0.322 e. The Morgan fingerprint density at radius 2 is 1.82 bits per heavy atom. The first-order valence-electron chi connectivity index (χ1n) is 9.36. The van der Waals surface area contributed by atoms with Gasteiger partial charge in [-0.15, -0.1) is 0 Å². The summed E-state index contributed by atoms with van der Waals surface area (Å²) < 4.78 is 1.85. The van der Waals surface area contributed by atoms with Crippen LogP contribution in [-0.4, -0.2) is 44.1 Å². The van der Waals surface area contributed by atoms with Crippen molar-refractivity contribution < 1.29 is 0 Å². The number of aromatic nitrogens is 4. The highest BCUT2D eigenvalue weighted by atomic mass is 35.5. The van der Waals surface area contributed by atoms with Crippen molar-refractivity contribution in [3.05, 3.63) is 43.0 Å². The molecular formula is C19H23Cl2N5O2. The Morgan fingerprint density at radius 3 is 2.50 bits per heavy atom. The number of benzene rings is 1. The summed E-state index contributed by atoms with van der Waals surface area (Å²) in [5, 5.41) is 0.735. The Bertz CT molecular complexity index is 1070. The second-order valence-corrected chi connectivity index (χ2v) is 7.76. The van der Waals surface area contributed by atoms with Crippen LogP contribution in [0, 0.1) is 5.92 Å². The van der Waals surface area contributed by atoms with Crippen LogP contribution in [0.5, 0.6) is 0 Å². The van der Waals surface area contributed by atoms with Gasteiger partial charge < -0.3 is 9.47 Å². The van der Waals surface area contributed by atoms with Crippen molar-refractivity contribution in [1.82, 2.24) is 24.4 Å². The van der Waals surface area contributed by atoms with Crippen LogP contribution in [0.25, 0.3) is 22.6 Å². The van der Waals surface area contributed by atoms with E-state index in [0.29, 0.717) is 27.6 Å². The lowest BCUT2D eigenvalue weighted by Crippen LogP contribution is -2.30. The fraction of sp³-hybridized carbons (Fsp3) is 0.474. The molecule has 0 aromatic heterocycles. The number of nitrogens with one attached hydrogen (secondary N) is 1. The van der Waals surface area contributed by atoms with Crippen LogP contribution in [0.15, 0.2) is 21.7 Å². The largest absolute Gasteiger partial charge is 0.349 e. The predicted molar refractivity (Wildman–Crippen MR) is 113 cm³/mol. The summed E-state index contributed by atoms with van der Waals surface area (Å²) in [5.41, 5.74) is 0.0788. The predicted octanol–water partition coefficient (Wildman–Crippen LogP) is 3.26. The first kappa shape index (κ1) is 20.8. The van der Waals surface area contributed by atoms with E-state index in [0.717, 1.165) is 26.1 Å². The van der Waals surface area contributed by atoms with Crippen LogP contribution in [0.1, 0.15) is 27.2 Å². The second kappa shape index (κ2) is 8.59. The van der Waals surface area contributed by atoms with E-state index in [1.54, 1.807) is 12.1 Å². The number of aromatic amines is 1. The molecule has 0 saturated heterocycles. The van der Waals surface area contributed by atoms with Gasteiger partial charge in [-0.25, -0.2) is 9.78 Å². The van der Waals surface area contributed by atoms with E-state index in [-0.39, 0.29) is 17.4 Å². The van der Waals surface area contributed by atoms with Gasteiger partial charge >= 0.3 is 5.69 Å². The van der Waals surface area contributed by atoms with Crippen molar-refractivity contribution in [2.24, 2.45) is 5.92 Å². The van der Waals surface area contributed by atoms with E-state index < -0.39 is 11.2 Å². The third-order valence-corrected chi connectivity index (χ3v) is 5.70. The highest BCUT2D eigenvalue weighted by molar-refractivity contribution is 6.42. The molecule has 1 aromatic carbocycles. The van der Waals surface area contributed by atoms with Gasteiger partial charge in [-0.1, -0.05) is 44.0 Å². The lowest BCUT2D eigenvalue weighted by molar-refractivity contribution is 0.272. The fourth-order valence-corrected chi connectivity index (χ4v) is 3.64. The van der Waals surface area contributed by atoms with Crippen LogP contribution in [0.2, 0.25) is 10.0 Å². The molecule has 2 aliphatic rings. The maximum Gasteiger partial charge on any atom is 0.349 e. The Labute approximate surface area is 172 Å². The van der Waals surface area contributed by atoms with Crippen LogP contribution < -0.4 is 11.2 Å². The summed E-state index contributed by atoms with van der Waals surface area (Å²) in [6.45, 7) is 9.98. The SMILES string of the molecule is CCN(CC)CCC(C)Cn1c2nc(=O)[nH]c(=O)c-2nc2cc(Cl)c(Cl)cc21. The maximum absolute atomic E-state index is 12.3. The normalized spacial score (nSPS) is 12.9. The Kier molecular flexibility index (Phi) is 6.37. The standard InChI is InChI=1S/C19H23Cl2N5O2/c1-4-25(5-2)7-6-11(3)10-26-15-9-13(21)12(20)8-14(15)22-16-17(26)23-19(28)24-18(16)27/h8-9,11H,4-7,10H2,1-3H3,(H,24,27,28). The van der Waals surface area contributed by atoms with Gasteiger partial charge in [0.15, 0.2) is 11.5 Å². The number of nitrogens with zero attached hydrogens (tertiary/aromatic N) is 4. The average Bonchev–Trinajstić information content (AvgIpc) is 2.65. The van der Waals surface area contributed by atoms with Gasteiger partial charge in [0.05, 0.1) is 21.1 Å². The zero-order valence-electron chi connectivity index (χ0n) is 16.1. The number of hydrogen-bond acceptors (Lipinski definition) is 5. The molecule has 3 rings (SSSR count). The highest BCUT2D eigenvalue weighted by Crippen LogP contribution is 2.30. The molecule has 0 aliphatic carbocycles. The Balaban J connectivity index is 2.10. The molecule has 150 valence electrons. The van der Waals surface area contributed by atoms with E-state index >= 15 is 0 Å². The van der Waals surface area contributed by atoms with E-state index in [4.69, 9.17) is 23.2 Å². The van der Waals surface area contributed by atoms with Gasteiger partial charge in [-0.3, -0.25) is 9.78 Å². The van der Waals surface area contributed by atoms with Crippen LogP contribution in [0.3, 0.4) is 0 Å². The topological polar surface area (TPSA) is 83.9 Å². The number of rotatable bonds is 7. The molecule has 2 heterocycles. The van der Waals surface area contributed by atoms with Gasteiger partial charge in [0, 0.05) is 6.54 Å². The molecule has 28 heavy (non-hydrogen) atoms. The molecule has 0 saturated carbocycles. The van der Waals surface area contributed by atoms with E-state index in [9.17, 15) is 9.59 Å². The van der Waals surface area contributed by atoms with Gasteiger partial charge in [0.25, 0.3) is 5.56 Å². The highest BCUT2D eigenvalue weighted by Gasteiger charge is 2.21. The molecule has 2 aliphatic heterocycles. The minimum absolute atomic E-state index is 0.112. The third-order valence-electron chi connectivity index (χ3n) is 4.98. The summed E-state index contributed by atoms with van der Waals surface area (Å²) in [6, 6.07) is 3.33. The Hall–Kier alpha value is -1.96. The summed E-state index contributed by atoms with van der Waals surface area (Å²) in [6.07, 6.45) is 0.967. The molecule has 0 spiro atoms. The summed E-state index contributed by atoms with van der Waals surface area (Å²) in [4.78, 5) is 37.0. The van der Waals surface area contributed by atoms with Crippen LogP contribution in [0.4, 0.5) is 0 Å². The quantitative estimate of drug-likeness (QED) is 0.589. The Morgan fingerprint density at radius 1 is 1.14 bits per heavy atom. The van der Waals surface area contributed by atoms with Gasteiger partial charge in [-0.05, 0) is 44.1 Å². The van der Waals surface area contributed by atoms with Crippen LogP contribution >= 0.6 is 23.2 Å². The average molecular weight is 424 g/mol. The monoisotopic (exact) mass is 423 g/mol. The van der Waals surface area contributed by atoms with E-state index in [2.05, 4.69) is 40.6 Å². The first-order chi connectivity index (χ1) is 13.3. The summed E-state index contributed by atoms with van der Waals surface area (Å²) in [7, 11) is 0. The van der Waals surface area contributed by atoms with Gasteiger partial charge in [0.2, 0.25) is 0 Å². The first-order valence-corrected chi connectivity index (χ1v) is 10.1. The van der Waals surface area contributed by atoms with Crippen molar-refractivity contribution in [1.29, 1.82) is 0 Å². The summed E-state index contributed by atoms with van der Waals surface area (Å²) in [5.74, 6) is 0.541. The van der Waals surface area contributed by atoms with Crippen molar-refractivity contribution >= 4 is 34.2 Å². The third kappa shape index (κ3) is 4.21. The fourth-order valence-electron chi connectivity index (χ4n) is 3.32. The van der Waals surface area contributed by atoms with Crippen LogP contribution in [-0.2, 0) is 6.54 Å². The van der Waals surface area contributed by atoms with Gasteiger partial charge in [-0.2, -0.15) is 4.98 Å². The lowest BCUT2D eigenvalue weighted by Gasteiger charge is -2.23. The van der Waals surface area contributed by atoms with E-state index in [1.807, 2.05) is 4.57 Å². The second-order valence-electron chi connectivity index (χ2n) is 6.94. The molecule has 0 fully saturated rings. The smallest absolute Gasteiger partial charge is 0.322 e. The number of fused-ring (bicyclic) bond motifs is 2. The molecule has 9 heteroatoms. The number of halogens is 2. The molecule has 0 amide bonds. The minimum atomic E-state index is -0.691. The van der Waals surface area contributed by atoms with Crippen molar-refractivity contribution in [2.45, 2.75) is 33.7 Å². The molecule has 0 radical (unpaired) electrons. The molecular weight excluding hydrogens is 401 g/mol. The zero-order chi connectivity index (χ0) is 20.4. The number of H-pyrrole nitrogens is 1. The number of hydrogen-bond donors (Lipinski definition) is 1. The van der Waals surface area contributed by atoms with Crippen molar-refractivity contribution in [3.63, 3.8) is 0 Å². The molecule has 7 nitrogen and oxygen atoms in total. The van der Waals surface area contributed by atoms with E-state index in [1.165, 1.54) is 0 Å². The lowest BCUT2D eigenvalue weighted by atomic mass is 10.1. The molecule has 1 unspecified atom stereocenters. The molecule has 1 N–H and O–H groups in total. The van der Waals surface area contributed by atoms with Gasteiger partial charge in [0.1, 0.15) is 0 Å². The van der Waals surface area contributed by atoms with Crippen molar-refractivity contribution in [3.8, 4) is 11.5 Å². The maximum atomic E-state index is 12.3.